The maximum atomic E-state index is 15.0. The number of amides is 2. The molecule has 0 saturated carbocycles. The molecule has 0 radical (unpaired) electrons. The van der Waals surface area contributed by atoms with Crippen LogP contribution in [0.2, 0.25) is 18.6 Å². The van der Waals surface area contributed by atoms with Gasteiger partial charge in [0.25, 0.3) is 11.5 Å². The molecule has 2 amide bonds. The number of anilines is 1. The lowest BCUT2D eigenvalue weighted by atomic mass is 9.82. The van der Waals surface area contributed by atoms with Crippen molar-refractivity contribution < 1.29 is 33.7 Å². The van der Waals surface area contributed by atoms with Gasteiger partial charge in [-0.15, -0.1) is 0 Å². The second kappa shape index (κ2) is 13.7. The van der Waals surface area contributed by atoms with Gasteiger partial charge in [-0.3, -0.25) is 19.0 Å². The number of benzene rings is 3. The zero-order chi connectivity index (χ0) is 36.9. The van der Waals surface area contributed by atoms with Gasteiger partial charge in [-0.1, -0.05) is 43.3 Å². The molecule has 1 saturated heterocycles. The highest BCUT2D eigenvalue weighted by Crippen LogP contribution is 2.60. The highest BCUT2D eigenvalue weighted by Gasteiger charge is 2.66. The number of carbonyl (C=O) groups is 2. The minimum atomic E-state index is -3.06. The highest BCUT2D eigenvalue weighted by atomic mass is 28.4. The second-order valence-electron chi connectivity index (χ2n) is 14.6. The molecule has 3 aromatic carbocycles. The van der Waals surface area contributed by atoms with E-state index in [1.54, 1.807) is 41.3 Å². The summed E-state index contributed by atoms with van der Waals surface area (Å²) in [6, 6.07) is 23.8. The highest BCUT2D eigenvalue weighted by molar-refractivity contribution is 6.71. The van der Waals surface area contributed by atoms with Gasteiger partial charge >= 0.3 is 0 Å². The normalized spacial score (nSPS) is 23.9. The van der Waals surface area contributed by atoms with Crippen LogP contribution < -0.4 is 19.9 Å². The van der Waals surface area contributed by atoms with Crippen LogP contribution in [0, 0.1) is 5.92 Å². The van der Waals surface area contributed by atoms with E-state index in [2.05, 4.69) is 0 Å². The summed E-state index contributed by atoms with van der Waals surface area (Å²) in [5.74, 6) is -0.195. The largest absolute Gasteiger partial charge is 0.497 e. The third-order valence-electron chi connectivity index (χ3n) is 11.1. The van der Waals surface area contributed by atoms with E-state index in [4.69, 9.17) is 14.2 Å². The first-order chi connectivity index (χ1) is 24.9. The van der Waals surface area contributed by atoms with Crippen molar-refractivity contribution in [3.05, 3.63) is 118 Å². The molecule has 0 aliphatic carbocycles. The van der Waals surface area contributed by atoms with E-state index in [1.807, 2.05) is 80.7 Å². The summed E-state index contributed by atoms with van der Waals surface area (Å²) in [6.45, 7) is 5.97. The monoisotopic (exact) mass is 723 g/mol. The first-order valence-corrected chi connectivity index (χ1v) is 20.7. The molecular formula is C40H45N3O8Si. The average molecular weight is 724 g/mol. The number of methoxy groups -OCH3 is 2. The number of fused-ring (bicyclic) bond motifs is 3. The van der Waals surface area contributed by atoms with Crippen molar-refractivity contribution in [2.75, 3.05) is 25.7 Å². The topological polar surface area (TPSA) is 131 Å². The van der Waals surface area contributed by atoms with Gasteiger partial charge in [0.15, 0.2) is 19.7 Å². The second-order valence-corrected chi connectivity index (χ2v) is 18.6. The minimum Gasteiger partial charge on any atom is -0.497 e. The Kier molecular flexibility index (Phi) is 9.36. The fraction of sp³-hybridized carbons (Fsp3) is 0.375. The Hall–Kier alpha value is -4.75. The molecule has 52 heavy (non-hydrogen) atoms. The predicted molar refractivity (Wildman–Crippen MR) is 198 cm³/mol. The van der Waals surface area contributed by atoms with Crippen molar-refractivity contribution in [3.63, 3.8) is 0 Å². The third-order valence-corrected chi connectivity index (χ3v) is 13.6. The molecule has 0 unspecified atom stereocenters. The van der Waals surface area contributed by atoms with Crippen LogP contribution in [0.5, 0.6) is 11.5 Å². The lowest BCUT2D eigenvalue weighted by molar-refractivity contribution is -0.151. The summed E-state index contributed by atoms with van der Waals surface area (Å²) >= 11 is 0. The molecule has 1 spiro atoms. The van der Waals surface area contributed by atoms with Gasteiger partial charge in [0.05, 0.1) is 51.6 Å². The van der Waals surface area contributed by atoms with E-state index in [0.717, 1.165) is 16.7 Å². The Labute approximate surface area is 304 Å². The number of aromatic nitrogens is 1. The molecule has 3 aliphatic rings. The number of rotatable bonds is 9. The van der Waals surface area contributed by atoms with Crippen LogP contribution in [0.4, 0.5) is 5.69 Å². The van der Waals surface area contributed by atoms with E-state index in [-0.39, 0.29) is 48.7 Å². The summed E-state index contributed by atoms with van der Waals surface area (Å²) in [5.41, 5.74) is 2.58. The molecule has 5 atom stereocenters. The molecule has 2 N–H and O–H groups in total. The molecule has 1 fully saturated rings. The van der Waals surface area contributed by atoms with Gasteiger partial charge in [0.1, 0.15) is 5.75 Å². The first kappa shape index (κ1) is 35.6. The maximum Gasteiger partial charge on any atom is 0.297 e. The van der Waals surface area contributed by atoms with E-state index in [9.17, 15) is 19.5 Å². The molecule has 4 heterocycles. The Morgan fingerprint density at radius 3 is 2.46 bits per heavy atom. The Morgan fingerprint density at radius 1 is 0.981 bits per heavy atom. The molecule has 11 nitrogen and oxygen atoms in total. The van der Waals surface area contributed by atoms with Gasteiger partial charge in [0, 0.05) is 35.5 Å². The van der Waals surface area contributed by atoms with Crippen molar-refractivity contribution >= 4 is 25.8 Å². The maximum absolute atomic E-state index is 15.0. The lowest BCUT2D eigenvalue weighted by Crippen LogP contribution is -2.48. The van der Waals surface area contributed by atoms with Crippen molar-refractivity contribution in [3.8, 4) is 17.2 Å². The van der Waals surface area contributed by atoms with Gasteiger partial charge in [-0.2, -0.15) is 0 Å². The van der Waals surface area contributed by atoms with Crippen LogP contribution in [-0.2, 0) is 39.4 Å². The van der Waals surface area contributed by atoms with Crippen molar-refractivity contribution in [2.24, 2.45) is 5.92 Å². The summed E-state index contributed by atoms with van der Waals surface area (Å²) in [7, 11) is -0.0410. The number of hydrogen-bond acceptors (Lipinski definition) is 8. The SMILES string of the molecule is COc1ccc2c(c1)[C@]1(O[C@@H](CC(=O)N3Cc4ccccc4C[C@H]3CO)[C@H]([Si](C)(C)O)[C@H]1C)C(=O)N2Cc1cccc(-n2cccc(OC)c2=O)c1. The van der Waals surface area contributed by atoms with Crippen molar-refractivity contribution in [1.82, 2.24) is 9.47 Å². The minimum absolute atomic E-state index is 0.0453. The van der Waals surface area contributed by atoms with Gasteiger partial charge in [0.2, 0.25) is 5.91 Å². The van der Waals surface area contributed by atoms with E-state index in [0.29, 0.717) is 35.7 Å². The number of pyridine rings is 1. The first-order valence-electron chi connectivity index (χ1n) is 17.6. The number of hydrogen-bond donors (Lipinski definition) is 2. The summed E-state index contributed by atoms with van der Waals surface area (Å²) < 4.78 is 19.3. The molecule has 12 heteroatoms. The number of nitrogens with zero attached hydrogens (tertiary/aromatic N) is 3. The standard InChI is InChI=1S/C40H45N3O8Si/c1-25-37(52(4,5)48)35(21-36(45)42-23-28-12-7-6-11-27(28)19-30(42)24-44)51-40(25)32-20-31(49-2)15-16-33(32)43(39(40)47)22-26-10-8-13-29(18-26)41-17-9-14-34(50-3)38(41)46/h6-18,20,25,30,35,37,44,48H,19,21-24H2,1-5H3/t25-,30+,35+,37-,40+/m1/s1. The van der Waals surface area contributed by atoms with Crippen LogP contribution in [0.1, 0.15) is 35.6 Å². The lowest BCUT2D eigenvalue weighted by Gasteiger charge is -2.37. The summed E-state index contributed by atoms with van der Waals surface area (Å²) in [5, 5.41) is 10.3. The number of aliphatic hydroxyl groups excluding tert-OH is 1. The zero-order valence-electron chi connectivity index (χ0n) is 30.1. The Balaban J connectivity index is 1.24. The molecule has 4 aromatic rings. The van der Waals surface area contributed by atoms with E-state index >= 15 is 4.79 Å². The van der Waals surface area contributed by atoms with Gasteiger partial charge < -0.3 is 33.9 Å². The summed E-state index contributed by atoms with van der Waals surface area (Å²) in [4.78, 5) is 57.4. The Bertz CT molecular complexity index is 2080. The third kappa shape index (κ3) is 5.93. The van der Waals surface area contributed by atoms with Crippen LogP contribution in [-0.4, -0.2) is 72.5 Å². The van der Waals surface area contributed by atoms with Gasteiger partial charge in [-0.05, 0) is 78.7 Å². The average Bonchev–Trinajstić information content (AvgIpc) is 3.56. The van der Waals surface area contributed by atoms with E-state index in [1.165, 1.54) is 11.7 Å². The molecule has 1 aromatic heterocycles. The van der Waals surface area contributed by atoms with Crippen LogP contribution in [0.3, 0.4) is 0 Å². The number of carbonyl (C=O) groups excluding carboxylic acids is 2. The molecular weight excluding hydrogens is 679 g/mol. The smallest absolute Gasteiger partial charge is 0.297 e. The fourth-order valence-electron chi connectivity index (χ4n) is 8.69. The summed E-state index contributed by atoms with van der Waals surface area (Å²) in [6.07, 6.45) is 1.42. The van der Waals surface area contributed by atoms with Crippen molar-refractivity contribution in [2.45, 2.75) is 69.2 Å². The number of ether oxygens (including phenoxy) is 3. The van der Waals surface area contributed by atoms with Gasteiger partial charge in [-0.25, -0.2) is 0 Å². The van der Waals surface area contributed by atoms with Crippen LogP contribution in [0.15, 0.2) is 89.9 Å². The zero-order valence-corrected chi connectivity index (χ0v) is 31.1. The Morgan fingerprint density at radius 2 is 1.75 bits per heavy atom. The van der Waals surface area contributed by atoms with Crippen molar-refractivity contribution in [1.29, 1.82) is 0 Å². The predicted octanol–water partition coefficient (Wildman–Crippen LogP) is 4.54. The molecule has 7 rings (SSSR count). The number of aliphatic hydroxyl groups is 1. The fourth-order valence-corrected chi connectivity index (χ4v) is 11.2. The van der Waals surface area contributed by atoms with Crippen LogP contribution >= 0.6 is 0 Å². The van der Waals surface area contributed by atoms with Crippen LogP contribution in [0.25, 0.3) is 5.69 Å². The molecule has 0 bridgehead atoms. The van der Waals surface area contributed by atoms with E-state index < -0.39 is 31.5 Å². The molecule has 272 valence electrons. The quantitative estimate of drug-likeness (QED) is 0.241. The molecule has 3 aliphatic heterocycles.